The largest absolute Gasteiger partial charge is 0.481 e. The zero-order valence-electron chi connectivity index (χ0n) is 11.8. The Labute approximate surface area is 140 Å². The number of carboxylic acids is 1. The van der Waals surface area contributed by atoms with E-state index in [1.54, 1.807) is 36.4 Å². The normalized spacial score (nSPS) is 10.9. The van der Waals surface area contributed by atoms with Gasteiger partial charge in [-0.05, 0) is 29.8 Å². The van der Waals surface area contributed by atoms with Crippen molar-refractivity contribution in [2.24, 2.45) is 0 Å². The van der Waals surface area contributed by atoms with E-state index >= 15 is 0 Å². The Morgan fingerprint density at radius 3 is 2.52 bits per heavy atom. The summed E-state index contributed by atoms with van der Waals surface area (Å²) in [6.07, 6.45) is -0.233. The summed E-state index contributed by atoms with van der Waals surface area (Å²) in [7, 11) is 0. The van der Waals surface area contributed by atoms with Crippen LogP contribution in [0.15, 0.2) is 40.8 Å². The molecule has 118 valence electrons. The minimum Gasteiger partial charge on any atom is -0.481 e. The average Bonchev–Trinajstić information content (AvgIpc) is 3.13. The molecule has 0 saturated carbocycles. The van der Waals surface area contributed by atoms with E-state index in [0.29, 0.717) is 27.2 Å². The second kappa shape index (κ2) is 6.54. The van der Waals surface area contributed by atoms with Crippen LogP contribution in [0.25, 0.3) is 22.1 Å². The van der Waals surface area contributed by atoms with Gasteiger partial charge in [0.15, 0.2) is 5.76 Å². The summed E-state index contributed by atoms with van der Waals surface area (Å²) in [6.45, 7) is -0.0466. The van der Waals surface area contributed by atoms with Crippen LogP contribution in [0, 0.1) is 0 Å². The van der Waals surface area contributed by atoms with Crippen molar-refractivity contribution >= 4 is 28.9 Å². The third-order valence-corrected chi connectivity index (χ3v) is 4.43. The number of aliphatic hydroxyl groups excluding tert-OH is 1. The van der Waals surface area contributed by atoms with E-state index in [1.807, 2.05) is 0 Å². The number of aliphatic carboxylic acids is 1. The molecule has 7 heteroatoms. The van der Waals surface area contributed by atoms with E-state index in [0.717, 1.165) is 10.4 Å². The van der Waals surface area contributed by atoms with E-state index in [9.17, 15) is 4.79 Å². The molecule has 5 nitrogen and oxygen atoms in total. The number of halogens is 1. The molecule has 0 radical (unpaired) electrons. The van der Waals surface area contributed by atoms with Gasteiger partial charge in [-0.1, -0.05) is 23.7 Å². The highest BCUT2D eigenvalue weighted by Gasteiger charge is 2.20. The molecule has 0 aliphatic carbocycles. The molecule has 0 fully saturated rings. The molecular weight excluding hydrogens is 338 g/mol. The number of hydrogen-bond donors (Lipinski definition) is 2. The number of hydrogen-bond acceptors (Lipinski definition) is 5. The zero-order chi connectivity index (χ0) is 16.4. The van der Waals surface area contributed by atoms with Crippen LogP contribution in [0.5, 0.6) is 0 Å². The molecule has 2 N–H and O–H groups in total. The third-order valence-electron chi connectivity index (χ3n) is 3.20. The molecule has 0 amide bonds. The van der Waals surface area contributed by atoms with Crippen LogP contribution in [0.2, 0.25) is 4.34 Å². The van der Waals surface area contributed by atoms with E-state index < -0.39 is 5.97 Å². The molecule has 0 saturated heterocycles. The highest BCUT2D eigenvalue weighted by Crippen LogP contribution is 2.36. The molecule has 0 aliphatic heterocycles. The summed E-state index contributed by atoms with van der Waals surface area (Å²) in [5, 5.41) is 18.1. The Hall–Kier alpha value is -2.15. The Bertz CT molecular complexity index is 838. The Balaban J connectivity index is 2.04. The molecule has 23 heavy (non-hydrogen) atoms. The van der Waals surface area contributed by atoms with Crippen LogP contribution >= 0.6 is 22.9 Å². The number of nitrogens with zero attached hydrogens (tertiary/aromatic N) is 1. The lowest BCUT2D eigenvalue weighted by Crippen LogP contribution is -2.01. The molecule has 3 rings (SSSR count). The number of carbonyl (C=O) groups is 1. The fraction of sp³-hybridized carbons (Fsp3) is 0.125. The van der Waals surface area contributed by atoms with E-state index in [-0.39, 0.29) is 13.0 Å². The van der Waals surface area contributed by atoms with Crippen LogP contribution in [0.3, 0.4) is 0 Å². The number of carboxylic acid groups (broad SMARTS) is 1. The quantitative estimate of drug-likeness (QED) is 0.731. The van der Waals surface area contributed by atoms with E-state index in [2.05, 4.69) is 4.98 Å². The highest BCUT2D eigenvalue weighted by atomic mass is 35.5. The van der Waals surface area contributed by atoms with Gasteiger partial charge in [-0.3, -0.25) is 4.79 Å². The first-order valence-corrected chi connectivity index (χ1v) is 7.93. The molecule has 0 atom stereocenters. The zero-order valence-corrected chi connectivity index (χ0v) is 13.4. The number of rotatable bonds is 5. The Morgan fingerprint density at radius 1 is 1.22 bits per heavy atom. The Morgan fingerprint density at radius 2 is 1.96 bits per heavy atom. The maximum absolute atomic E-state index is 11.1. The van der Waals surface area contributed by atoms with Crippen LogP contribution in [-0.2, 0) is 17.8 Å². The van der Waals surface area contributed by atoms with Crippen molar-refractivity contribution in [3.05, 3.63) is 52.0 Å². The van der Waals surface area contributed by atoms with Crippen molar-refractivity contribution in [1.29, 1.82) is 0 Å². The molecular formula is C16H12ClNO4S. The van der Waals surface area contributed by atoms with Crippen LogP contribution in [0.4, 0.5) is 0 Å². The van der Waals surface area contributed by atoms with E-state index in [1.165, 1.54) is 11.3 Å². The smallest absolute Gasteiger partial charge is 0.309 e. The third kappa shape index (κ3) is 3.44. The maximum atomic E-state index is 11.1. The predicted molar refractivity (Wildman–Crippen MR) is 87.5 cm³/mol. The number of benzene rings is 1. The summed E-state index contributed by atoms with van der Waals surface area (Å²) in [6, 6.07) is 10.6. The fourth-order valence-corrected chi connectivity index (χ4v) is 3.17. The van der Waals surface area contributed by atoms with Gasteiger partial charge in [0.1, 0.15) is 0 Å². The van der Waals surface area contributed by atoms with Crippen molar-refractivity contribution in [3.8, 4) is 22.1 Å². The summed E-state index contributed by atoms with van der Waals surface area (Å²) < 4.78 is 6.38. The molecule has 3 aromatic rings. The molecule has 0 unspecified atom stereocenters. The number of oxazole rings is 1. The van der Waals surface area contributed by atoms with Crippen molar-refractivity contribution in [2.45, 2.75) is 13.0 Å². The lowest BCUT2D eigenvalue weighted by atomic mass is 10.1. The van der Waals surface area contributed by atoms with Crippen molar-refractivity contribution in [3.63, 3.8) is 0 Å². The van der Waals surface area contributed by atoms with Crippen LogP contribution in [-0.4, -0.2) is 21.2 Å². The van der Waals surface area contributed by atoms with Gasteiger partial charge < -0.3 is 14.6 Å². The number of aliphatic hydroxyl groups is 1. The van der Waals surface area contributed by atoms with Crippen LogP contribution in [0.1, 0.15) is 11.3 Å². The van der Waals surface area contributed by atoms with Gasteiger partial charge in [-0.2, -0.15) is 0 Å². The van der Waals surface area contributed by atoms with Gasteiger partial charge in [-0.15, -0.1) is 11.3 Å². The first-order chi connectivity index (χ1) is 11.1. The minimum absolute atomic E-state index is 0.0466. The Kier molecular flexibility index (Phi) is 4.47. The number of thiophene rings is 1. The standard InChI is InChI=1S/C16H12ClNO4S/c17-13-6-5-12(23-13)15-11(7-14(20)21)18-16(22-15)10-3-1-9(8-19)2-4-10/h1-6,19H,7-8H2,(H,20,21). The second-order valence-electron chi connectivity index (χ2n) is 4.82. The van der Waals surface area contributed by atoms with Gasteiger partial charge in [0, 0.05) is 5.56 Å². The van der Waals surface area contributed by atoms with Gasteiger partial charge in [0.2, 0.25) is 5.89 Å². The summed E-state index contributed by atoms with van der Waals surface area (Å²) >= 11 is 7.24. The highest BCUT2D eigenvalue weighted by molar-refractivity contribution is 7.19. The first-order valence-electron chi connectivity index (χ1n) is 6.74. The molecule has 0 aliphatic rings. The summed E-state index contributed by atoms with van der Waals surface area (Å²) in [5.41, 5.74) is 1.84. The van der Waals surface area contributed by atoms with Gasteiger partial charge in [0.05, 0.1) is 27.9 Å². The molecule has 2 heterocycles. The topological polar surface area (TPSA) is 83.6 Å². The lowest BCUT2D eigenvalue weighted by Gasteiger charge is -1.97. The SMILES string of the molecule is O=C(O)Cc1nc(-c2ccc(CO)cc2)oc1-c1ccc(Cl)s1. The van der Waals surface area contributed by atoms with Crippen molar-refractivity contribution < 1.29 is 19.4 Å². The molecule has 2 aromatic heterocycles. The maximum Gasteiger partial charge on any atom is 0.309 e. The minimum atomic E-state index is -0.982. The van der Waals surface area contributed by atoms with Crippen LogP contribution < -0.4 is 0 Å². The molecule has 1 aromatic carbocycles. The summed E-state index contributed by atoms with van der Waals surface area (Å²) in [4.78, 5) is 16.1. The molecule has 0 bridgehead atoms. The van der Waals surface area contributed by atoms with Crippen molar-refractivity contribution in [1.82, 2.24) is 4.98 Å². The van der Waals surface area contributed by atoms with Gasteiger partial charge in [0.25, 0.3) is 0 Å². The van der Waals surface area contributed by atoms with Gasteiger partial charge in [-0.25, -0.2) is 4.98 Å². The second-order valence-corrected chi connectivity index (χ2v) is 6.54. The number of aromatic nitrogens is 1. The predicted octanol–water partition coefficient (Wildman–Crippen LogP) is 3.84. The molecule has 0 spiro atoms. The fourth-order valence-electron chi connectivity index (χ4n) is 2.12. The summed E-state index contributed by atoms with van der Waals surface area (Å²) in [5.74, 6) is -0.222. The van der Waals surface area contributed by atoms with Crippen molar-refractivity contribution in [2.75, 3.05) is 0 Å². The average molecular weight is 350 g/mol. The lowest BCUT2D eigenvalue weighted by molar-refractivity contribution is -0.136. The van der Waals surface area contributed by atoms with Gasteiger partial charge >= 0.3 is 5.97 Å². The van der Waals surface area contributed by atoms with E-state index in [4.69, 9.17) is 26.2 Å². The first kappa shape index (κ1) is 15.7. The monoisotopic (exact) mass is 349 g/mol.